The number of halogens is 1. The van der Waals surface area contributed by atoms with Crippen molar-refractivity contribution >= 4 is 17.4 Å². The molecule has 1 heterocycles. The summed E-state index contributed by atoms with van der Waals surface area (Å²) in [6, 6.07) is 6.45. The third kappa shape index (κ3) is 2.61. The van der Waals surface area contributed by atoms with Crippen molar-refractivity contribution in [1.29, 1.82) is 0 Å². The highest BCUT2D eigenvalue weighted by Crippen LogP contribution is 2.14. The predicted molar refractivity (Wildman–Crippen MR) is 62.0 cm³/mol. The van der Waals surface area contributed by atoms with Crippen LogP contribution >= 0.6 is 11.6 Å². The molecule has 0 aliphatic heterocycles. The summed E-state index contributed by atoms with van der Waals surface area (Å²) in [7, 11) is 0. The molecule has 1 aromatic rings. The number of anilines is 1. The van der Waals surface area contributed by atoms with Crippen molar-refractivity contribution in [1.82, 2.24) is 4.98 Å². The molecule has 3 heteroatoms. The van der Waals surface area contributed by atoms with Crippen molar-refractivity contribution < 1.29 is 0 Å². The first-order chi connectivity index (χ1) is 6.69. The molecule has 0 fully saturated rings. The Balaban J connectivity index is 2.92. The Labute approximate surface area is 90.9 Å². The monoisotopic (exact) mass is 212 g/mol. The van der Waals surface area contributed by atoms with Crippen LogP contribution in [0.5, 0.6) is 0 Å². The van der Waals surface area contributed by atoms with Crippen molar-refractivity contribution in [3.63, 3.8) is 0 Å². The fourth-order valence-corrected chi connectivity index (χ4v) is 1.64. The zero-order chi connectivity index (χ0) is 10.6. The van der Waals surface area contributed by atoms with E-state index in [0.29, 0.717) is 11.9 Å². The van der Waals surface area contributed by atoms with Gasteiger partial charge in [-0.05, 0) is 32.9 Å². The second-order valence-corrected chi connectivity index (χ2v) is 3.77. The number of aromatic nitrogens is 1. The molecular formula is C11H17ClN2. The van der Waals surface area contributed by atoms with Gasteiger partial charge >= 0.3 is 0 Å². The Hall–Kier alpha value is -0.760. The predicted octanol–water partition coefficient (Wildman–Crippen LogP) is 3.06. The number of pyridine rings is 1. The van der Waals surface area contributed by atoms with E-state index in [1.54, 1.807) is 0 Å². The normalized spacial score (nSPS) is 10.6. The summed E-state index contributed by atoms with van der Waals surface area (Å²) in [4.78, 5) is 6.72. The van der Waals surface area contributed by atoms with Crippen LogP contribution in [-0.4, -0.2) is 17.6 Å². The van der Waals surface area contributed by atoms with Crippen molar-refractivity contribution in [3.05, 3.63) is 23.9 Å². The molecular weight excluding hydrogens is 196 g/mol. The minimum Gasteiger partial charge on any atom is -0.354 e. The Bertz CT molecular complexity index is 286. The summed E-state index contributed by atoms with van der Waals surface area (Å²) in [5, 5.41) is 0. The van der Waals surface area contributed by atoms with E-state index in [1.807, 2.05) is 18.2 Å². The van der Waals surface area contributed by atoms with Crippen molar-refractivity contribution in [2.75, 3.05) is 11.4 Å². The summed E-state index contributed by atoms with van der Waals surface area (Å²) in [6.07, 6.45) is 0. The highest BCUT2D eigenvalue weighted by atomic mass is 35.5. The van der Waals surface area contributed by atoms with Crippen molar-refractivity contribution in [3.8, 4) is 0 Å². The molecule has 1 rings (SSSR count). The lowest BCUT2D eigenvalue weighted by atomic mass is 10.3. The first-order valence-corrected chi connectivity index (χ1v) is 5.51. The van der Waals surface area contributed by atoms with Crippen LogP contribution in [0, 0.1) is 0 Å². The van der Waals surface area contributed by atoms with Crippen molar-refractivity contribution in [2.45, 2.75) is 32.7 Å². The summed E-state index contributed by atoms with van der Waals surface area (Å²) in [6.45, 7) is 7.43. The maximum Gasteiger partial charge on any atom is 0.129 e. The van der Waals surface area contributed by atoms with E-state index in [0.717, 1.165) is 18.1 Å². The van der Waals surface area contributed by atoms with Crippen LogP contribution in [0.2, 0.25) is 0 Å². The van der Waals surface area contributed by atoms with E-state index in [4.69, 9.17) is 11.6 Å². The lowest BCUT2D eigenvalue weighted by Gasteiger charge is -2.26. The quantitative estimate of drug-likeness (QED) is 0.714. The highest BCUT2D eigenvalue weighted by molar-refractivity contribution is 6.16. The molecule has 0 unspecified atom stereocenters. The molecule has 0 saturated heterocycles. The Morgan fingerprint density at radius 3 is 2.64 bits per heavy atom. The van der Waals surface area contributed by atoms with Crippen LogP contribution in [-0.2, 0) is 5.88 Å². The van der Waals surface area contributed by atoms with Gasteiger partial charge in [0.25, 0.3) is 0 Å². The fourth-order valence-electron chi connectivity index (χ4n) is 1.49. The smallest absolute Gasteiger partial charge is 0.129 e. The van der Waals surface area contributed by atoms with E-state index in [1.165, 1.54) is 0 Å². The zero-order valence-corrected chi connectivity index (χ0v) is 9.75. The Morgan fingerprint density at radius 2 is 2.14 bits per heavy atom. The fraction of sp³-hybridized carbons (Fsp3) is 0.545. The van der Waals surface area contributed by atoms with E-state index < -0.39 is 0 Å². The van der Waals surface area contributed by atoms with Crippen LogP contribution in [0.1, 0.15) is 26.5 Å². The van der Waals surface area contributed by atoms with Gasteiger partial charge in [-0.2, -0.15) is 0 Å². The number of rotatable bonds is 4. The number of hydrogen-bond donors (Lipinski definition) is 0. The number of alkyl halides is 1. The van der Waals surface area contributed by atoms with Gasteiger partial charge in [-0.1, -0.05) is 6.07 Å². The van der Waals surface area contributed by atoms with Crippen molar-refractivity contribution in [2.24, 2.45) is 0 Å². The molecule has 0 saturated carbocycles. The molecule has 1 aromatic heterocycles. The molecule has 0 spiro atoms. The average Bonchev–Trinajstić information content (AvgIpc) is 2.19. The van der Waals surface area contributed by atoms with E-state index >= 15 is 0 Å². The van der Waals surface area contributed by atoms with Crippen LogP contribution in [0.3, 0.4) is 0 Å². The molecule has 78 valence electrons. The van der Waals surface area contributed by atoms with Crippen LogP contribution in [0.15, 0.2) is 18.2 Å². The van der Waals surface area contributed by atoms with Gasteiger partial charge in [-0.25, -0.2) is 4.98 Å². The third-order valence-electron chi connectivity index (χ3n) is 2.19. The largest absolute Gasteiger partial charge is 0.354 e. The van der Waals surface area contributed by atoms with E-state index in [-0.39, 0.29) is 0 Å². The first kappa shape index (κ1) is 11.3. The van der Waals surface area contributed by atoms with Crippen LogP contribution in [0.4, 0.5) is 5.82 Å². The number of nitrogens with zero attached hydrogens (tertiary/aromatic N) is 2. The molecule has 0 amide bonds. The SMILES string of the molecule is CCN(c1cccc(CCl)n1)C(C)C. The average molecular weight is 213 g/mol. The summed E-state index contributed by atoms with van der Waals surface area (Å²) < 4.78 is 0. The summed E-state index contributed by atoms with van der Waals surface area (Å²) in [5.41, 5.74) is 0.934. The van der Waals surface area contributed by atoms with E-state index in [2.05, 4.69) is 30.7 Å². The Kier molecular flexibility index (Phi) is 4.21. The van der Waals surface area contributed by atoms with Gasteiger partial charge in [0.2, 0.25) is 0 Å². The number of hydrogen-bond acceptors (Lipinski definition) is 2. The maximum absolute atomic E-state index is 5.75. The first-order valence-electron chi connectivity index (χ1n) is 4.97. The second-order valence-electron chi connectivity index (χ2n) is 3.50. The molecule has 14 heavy (non-hydrogen) atoms. The zero-order valence-electron chi connectivity index (χ0n) is 9.00. The minimum absolute atomic E-state index is 0.470. The van der Waals surface area contributed by atoms with E-state index in [9.17, 15) is 0 Å². The summed E-state index contributed by atoms with van der Waals surface area (Å²) in [5.74, 6) is 1.49. The molecule has 0 aliphatic rings. The topological polar surface area (TPSA) is 16.1 Å². The van der Waals surface area contributed by atoms with Gasteiger partial charge in [0.15, 0.2) is 0 Å². The standard InChI is InChI=1S/C11H17ClN2/c1-4-14(9(2)3)11-7-5-6-10(8-12)13-11/h5-7,9H,4,8H2,1-3H3. The molecule has 0 bridgehead atoms. The van der Waals surface area contributed by atoms with Gasteiger partial charge < -0.3 is 4.90 Å². The lowest BCUT2D eigenvalue weighted by molar-refractivity contribution is 0.692. The Morgan fingerprint density at radius 1 is 1.43 bits per heavy atom. The lowest BCUT2D eigenvalue weighted by Crippen LogP contribution is -2.31. The van der Waals surface area contributed by atoms with Gasteiger partial charge in [-0.15, -0.1) is 11.6 Å². The van der Waals surface area contributed by atoms with Gasteiger partial charge in [0.05, 0.1) is 11.6 Å². The maximum atomic E-state index is 5.75. The minimum atomic E-state index is 0.470. The van der Waals surface area contributed by atoms with Crippen LogP contribution in [0.25, 0.3) is 0 Å². The molecule has 0 radical (unpaired) electrons. The van der Waals surface area contributed by atoms with Gasteiger partial charge in [-0.3, -0.25) is 0 Å². The van der Waals surface area contributed by atoms with Crippen LogP contribution < -0.4 is 4.90 Å². The highest BCUT2D eigenvalue weighted by Gasteiger charge is 2.09. The van der Waals surface area contributed by atoms with Gasteiger partial charge in [0, 0.05) is 12.6 Å². The summed E-state index contributed by atoms with van der Waals surface area (Å²) >= 11 is 5.75. The third-order valence-corrected chi connectivity index (χ3v) is 2.46. The molecule has 2 nitrogen and oxygen atoms in total. The second kappa shape index (κ2) is 5.20. The molecule has 0 N–H and O–H groups in total. The molecule has 0 aromatic carbocycles. The molecule has 0 aliphatic carbocycles. The van der Waals surface area contributed by atoms with Gasteiger partial charge in [0.1, 0.15) is 5.82 Å². The molecule has 0 atom stereocenters.